The highest BCUT2D eigenvalue weighted by Crippen LogP contribution is 2.32. The number of amides is 1. The Labute approximate surface area is 132 Å². The van der Waals surface area contributed by atoms with Crippen molar-refractivity contribution in [2.75, 3.05) is 0 Å². The predicted molar refractivity (Wildman–Crippen MR) is 87.7 cm³/mol. The number of benzene rings is 1. The molecule has 0 aliphatic carbocycles. The highest BCUT2D eigenvalue weighted by Gasteiger charge is 2.37. The van der Waals surface area contributed by atoms with Crippen LogP contribution in [0.3, 0.4) is 0 Å². The van der Waals surface area contributed by atoms with Crippen LogP contribution < -0.4 is 0 Å². The molecular weight excluding hydrogens is 306 g/mol. The van der Waals surface area contributed by atoms with Crippen LogP contribution in [0, 0.1) is 0 Å². The van der Waals surface area contributed by atoms with Crippen LogP contribution in [0.1, 0.15) is 12.5 Å². The number of thiocarbonyl (C=S) groups is 1. The number of allylic oxidation sites excluding steroid dienone is 2. The summed E-state index contributed by atoms with van der Waals surface area (Å²) in [6.45, 7) is 1.44. The van der Waals surface area contributed by atoms with Gasteiger partial charge in [-0.15, -0.1) is 0 Å². The van der Waals surface area contributed by atoms with Crippen molar-refractivity contribution in [1.82, 2.24) is 4.90 Å². The average molecular weight is 319 g/mol. The van der Waals surface area contributed by atoms with Gasteiger partial charge in [-0.2, -0.15) is 0 Å². The number of nitrogens with zero attached hydrogens (tertiary/aromatic N) is 1. The highest BCUT2D eigenvalue weighted by molar-refractivity contribution is 8.26. The minimum absolute atomic E-state index is 0.272. The zero-order chi connectivity index (χ0) is 15.4. The van der Waals surface area contributed by atoms with Gasteiger partial charge in [0.25, 0.3) is 5.91 Å². The molecule has 6 heteroatoms. The lowest BCUT2D eigenvalue weighted by atomic mass is 10.2. The van der Waals surface area contributed by atoms with Crippen molar-refractivity contribution in [1.29, 1.82) is 0 Å². The number of thioether (sulfide) groups is 1. The Balaban J connectivity index is 2.14. The Hall–Kier alpha value is -1.92. The van der Waals surface area contributed by atoms with E-state index in [1.807, 2.05) is 36.4 Å². The number of carbonyl (C=O) groups excluding carboxylic acids is 1. The molecule has 0 unspecified atom stereocenters. The number of hydrogen-bond donors (Lipinski definition) is 1. The second-order valence-corrected chi connectivity index (χ2v) is 6.03. The highest BCUT2D eigenvalue weighted by atomic mass is 32.2. The molecule has 4 nitrogen and oxygen atoms in total. The van der Waals surface area contributed by atoms with Crippen LogP contribution in [0.5, 0.6) is 0 Å². The average Bonchev–Trinajstić information content (AvgIpc) is 2.74. The fraction of sp³-hybridized carbons (Fsp3) is 0.133. The van der Waals surface area contributed by atoms with Crippen molar-refractivity contribution in [3.8, 4) is 0 Å². The standard InChI is InChI=1S/C15H13NO3S2/c1-10(14(18)19)16-13(17)12(21-15(16)20)9-5-8-11-6-3-2-4-7-11/h2-10H,1H3,(H,18,19)/t10-/m0/s1. The lowest BCUT2D eigenvalue weighted by molar-refractivity contribution is -0.144. The molecule has 1 aromatic carbocycles. The molecule has 1 atom stereocenters. The third kappa shape index (κ3) is 3.59. The van der Waals surface area contributed by atoms with Crippen LogP contribution >= 0.6 is 24.0 Å². The fourth-order valence-corrected chi connectivity index (χ4v) is 3.12. The van der Waals surface area contributed by atoms with Gasteiger partial charge in [0.05, 0.1) is 4.91 Å². The third-order valence-electron chi connectivity index (χ3n) is 2.90. The number of carboxylic acid groups (broad SMARTS) is 1. The molecule has 0 saturated carbocycles. The first-order valence-electron chi connectivity index (χ1n) is 6.22. The van der Waals surface area contributed by atoms with E-state index in [-0.39, 0.29) is 10.2 Å². The summed E-state index contributed by atoms with van der Waals surface area (Å²) in [4.78, 5) is 24.7. The molecule has 1 aliphatic rings. The summed E-state index contributed by atoms with van der Waals surface area (Å²) >= 11 is 6.19. The summed E-state index contributed by atoms with van der Waals surface area (Å²) in [6, 6.07) is 8.71. The van der Waals surface area contributed by atoms with Crippen molar-refractivity contribution in [2.45, 2.75) is 13.0 Å². The number of hydrogen-bond acceptors (Lipinski definition) is 4. The molecule has 1 aromatic rings. The molecule has 1 saturated heterocycles. The summed E-state index contributed by atoms with van der Waals surface area (Å²) in [5.41, 5.74) is 1.02. The van der Waals surface area contributed by atoms with E-state index < -0.39 is 12.0 Å². The van der Waals surface area contributed by atoms with Gasteiger partial charge in [-0.25, -0.2) is 4.79 Å². The Kier molecular flexibility index (Phi) is 4.93. The lowest BCUT2D eigenvalue weighted by Crippen LogP contribution is -2.41. The fourth-order valence-electron chi connectivity index (χ4n) is 1.75. The van der Waals surface area contributed by atoms with E-state index in [4.69, 9.17) is 17.3 Å². The molecule has 0 spiro atoms. The maximum absolute atomic E-state index is 12.2. The van der Waals surface area contributed by atoms with Crippen LogP contribution in [-0.2, 0) is 9.59 Å². The van der Waals surface area contributed by atoms with Gasteiger partial charge in [0.1, 0.15) is 10.4 Å². The van der Waals surface area contributed by atoms with E-state index in [0.29, 0.717) is 4.91 Å². The second kappa shape index (κ2) is 6.69. The van der Waals surface area contributed by atoms with Crippen molar-refractivity contribution in [3.05, 3.63) is 53.0 Å². The molecule has 1 fully saturated rings. The van der Waals surface area contributed by atoms with Crippen molar-refractivity contribution < 1.29 is 14.7 Å². The summed E-state index contributed by atoms with van der Waals surface area (Å²) < 4.78 is 0.272. The maximum atomic E-state index is 12.2. The van der Waals surface area contributed by atoms with Gasteiger partial charge < -0.3 is 5.11 Å². The zero-order valence-electron chi connectivity index (χ0n) is 11.2. The molecule has 2 rings (SSSR count). The lowest BCUT2D eigenvalue weighted by Gasteiger charge is -2.18. The summed E-state index contributed by atoms with van der Waals surface area (Å²) in [7, 11) is 0. The van der Waals surface area contributed by atoms with Gasteiger partial charge in [0.2, 0.25) is 0 Å². The van der Waals surface area contributed by atoms with Crippen molar-refractivity contribution >= 4 is 46.3 Å². The minimum Gasteiger partial charge on any atom is -0.480 e. The molecule has 0 radical (unpaired) electrons. The molecule has 1 aliphatic heterocycles. The van der Waals surface area contributed by atoms with E-state index >= 15 is 0 Å². The van der Waals surface area contributed by atoms with Crippen molar-refractivity contribution in [2.24, 2.45) is 0 Å². The zero-order valence-corrected chi connectivity index (χ0v) is 12.9. The van der Waals surface area contributed by atoms with Crippen LogP contribution in [0.4, 0.5) is 0 Å². The van der Waals surface area contributed by atoms with Gasteiger partial charge in [0, 0.05) is 0 Å². The quantitative estimate of drug-likeness (QED) is 0.683. The van der Waals surface area contributed by atoms with E-state index in [9.17, 15) is 9.59 Å². The second-order valence-electron chi connectivity index (χ2n) is 4.36. The molecule has 0 aromatic heterocycles. The van der Waals surface area contributed by atoms with E-state index in [1.54, 1.807) is 12.2 Å². The molecule has 1 heterocycles. The smallest absolute Gasteiger partial charge is 0.326 e. The molecule has 0 bridgehead atoms. The molecule has 21 heavy (non-hydrogen) atoms. The summed E-state index contributed by atoms with van der Waals surface area (Å²) in [6.07, 6.45) is 5.28. The van der Waals surface area contributed by atoms with Gasteiger partial charge in [-0.05, 0) is 18.6 Å². The third-order valence-corrected chi connectivity index (χ3v) is 4.25. The van der Waals surface area contributed by atoms with Gasteiger partial charge in [-0.3, -0.25) is 9.69 Å². The minimum atomic E-state index is -1.08. The summed E-state index contributed by atoms with van der Waals surface area (Å²) in [5, 5.41) is 8.99. The first-order chi connectivity index (χ1) is 10.0. The Morgan fingerprint density at radius 1 is 1.38 bits per heavy atom. The Bertz CT molecular complexity index is 638. The molecule has 1 N–H and O–H groups in total. The van der Waals surface area contributed by atoms with Crippen LogP contribution in [0.2, 0.25) is 0 Å². The van der Waals surface area contributed by atoms with Crippen molar-refractivity contribution in [3.63, 3.8) is 0 Å². The number of rotatable bonds is 4. The summed E-state index contributed by atoms with van der Waals surface area (Å²) in [5.74, 6) is -1.44. The maximum Gasteiger partial charge on any atom is 0.326 e. The van der Waals surface area contributed by atoms with E-state index in [2.05, 4.69) is 0 Å². The van der Waals surface area contributed by atoms with Crippen LogP contribution in [0.15, 0.2) is 47.4 Å². The van der Waals surface area contributed by atoms with E-state index in [0.717, 1.165) is 22.2 Å². The first-order valence-corrected chi connectivity index (χ1v) is 7.45. The van der Waals surface area contributed by atoms with Crippen LogP contribution in [0.25, 0.3) is 6.08 Å². The number of aliphatic carboxylic acids is 1. The van der Waals surface area contributed by atoms with Gasteiger partial charge in [0.15, 0.2) is 0 Å². The van der Waals surface area contributed by atoms with Gasteiger partial charge in [-0.1, -0.05) is 66.5 Å². The van der Waals surface area contributed by atoms with Gasteiger partial charge >= 0.3 is 5.97 Å². The monoisotopic (exact) mass is 319 g/mol. The topological polar surface area (TPSA) is 57.6 Å². The Morgan fingerprint density at radius 2 is 2.05 bits per heavy atom. The normalized spacial score (nSPS) is 18.7. The molecule has 1 amide bonds. The largest absolute Gasteiger partial charge is 0.480 e. The van der Waals surface area contributed by atoms with Crippen LogP contribution in [-0.4, -0.2) is 32.2 Å². The SMILES string of the molecule is C[C@@H](C(=O)O)N1C(=O)C(=CC=Cc2ccccc2)SC1=S. The Morgan fingerprint density at radius 3 is 2.67 bits per heavy atom. The predicted octanol–water partition coefficient (Wildman–Crippen LogP) is 2.92. The number of carbonyl (C=O) groups is 2. The first kappa shape index (κ1) is 15.5. The number of carboxylic acids is 1. The van der Waals surface area contributed by atoms with E-state index in [1.165, 1.54) is 6.92 Å². The molecule has 108 valence electrons. The molecular formula is C15H13NO3S2.